The van der Waals surface area contributed by atoms with Gasteiger partial charge in [0, 0.05) is 33.3 Å². The standard InChI is InChI=1S/C21H21BrO3S/c22-17-8-4-7-16(11-17)21(9-10-25-14-20(21)24)13-18(26)12-19(23)15-5-2-1-3-6-15/h1-8,11,20,24H,9-10,12-14H2/t20-,21+/m0/s1. The van der Waals surface area contributed by atoms with E-state index in [1.807, 2.05) is 42.5 Å². The molecule has 0 amide bonds. The number of benzene rings is 2. The van der Waals surface area contributed by atoms with E-state index in [9.17, 15) is 9.90 Å². The molecule has 3 nitrogen and oxygen atoms in total. The average Bonchev–Trinajstić information content (AvgIpc) is 2.64. The third kappa shape index (κ3) is 4.29. The summed E-state index contributed by atoms with van der Waals surface area (Å²) < 4.78 is 6.41. The normalized spacial score (nSPS) is 22.8. The molecule has 0 bridgehead atoms. The third-order valence-corrected chi connectivity index (χ3v) is 5.75. The van der Waals surface area contributed by atoms with Crippen LogP contribution >= 0.6 is 28.1 Å². The molecule has 136 valence electrons. The van der Waals surface area contributed by atoms with Crippen molar-refractivity contribution in [2.45, 2.75) is 30.8 Å². The van der Waals surface area contributed by atoms with Gasteiger partial charge in [-0.25, -0.2) is 0 Å². The zero-order valence-corrected chi connectivity index (χ0v) is 16.8. The Hall–Kier alpha value is -1.40. The second-order valence-electron chi connectivity index (χ2n) is 6.69. The molecule has 1 saturated heterocycles. The number of thiocarbonyl (C=S) groups is 1. The van der Waals surface area contributed by atoms with Crippen molar-refractivity contribution in [2.75, 3.05) is 13.2 Å². The van der Waals surface area contributed by atoms with E-state index in [-0.39, 0.29) is 18.8 Å². The first kappa shape index (κ1) is 19.4. The van der Waals surface area contributed by atoms with E-state index < -0.39 is 11.5 Å². The van der Waals surface area contributed by atoms with Gasteiger partial charge in [-0.05, 0) is 30.5 Å². The lowest BCUT2D eigenvalue weighted by atomic mass is 9.69. The fraction of sp³-hybridized carbons (Fsp3) is 0.333. The van der Waals surface area contributed by atoms with Gasteiger partial charge in [0.25, 0.3) is 0 Å². The highest BCUT2D eigenvalue weighted by Gasteiger charge is 2.43. The quantitative estimate of drug-likeness (QED) is 0.538. The van der Waals surface area contributed by atoms with E-state index in [4.69, 9.17) is 17.0 Å². The minimum atomic E-state index is -0.657. The Kier molecular flexibility index (Phi) is 6.35. The third-order valence-electron chi connectivity index (χ3n) is 4.97. The first-order valence-corrected chi connectivity index (χ1v) is 9.83. The molecule has 26 heavy (non-hydrogen) atoms. The number of halogens is 1. The molecule has 1 aliphatic rings. The van der Waals surface area contributed by atoms with Crippen LogP contribution in [0.2, 0.25) is 0 Å². The molecule has 0 spiro atoms. The Morgan fingerprint density at radius 1 is 1.23 bits per heavy atom. The Morgan fingerprint density at radius 3 is 2.69 bits per heavy atom. The summed E-state index contributed by atoms with van der Waals surface area (Å²) >= 11 is 9.09. The number of rotatable bonds is 6. The maximum Gasteiger partial charge on any atom is 0.167 e. The van der Waals surface area contributed by atoms with Gasteiger partial charge in [0.2, 0.25) is 0 Å². The average molecular weight is 433 g/mol. The number of Topliss-reactive ketones (excluding diaryl/α,β-unsaturated/α-hetero) is 1. The second kappa shape index (κ2) is 8.53. The van der Waals surface area contributed by atoms with E-state index >= 15 is 0 Å². The van der Waals surface area contributed by atoms with Crippen LogP contribution in [0.1, 0.15) is 35.2 Å². The molecule has 5 heteroatoms. The summed E-state index contributed by atoms with van der Waals surface area (Å²) in [7, 11) is 0. The summed E-state index contributed by atoms with van der Waals surface area (Å²) in [6.07, 6.45) is 0.713. The summed E-state index contributed by atoms with van der Waals surface area (Å²) in [5.74, 6) is 0.0153. The minimum Gasteiger partial charge on any atom is -0.390 e. The van der Waals surface area contributed by atoms with Gasteiger partial charge in [-0.2, -0.15) is 0 Å². The van der Waals surface area contributed by atoms with Crippen LogP contribution in [-0.2, 0) is 10.2 Å². The maximum atomic E-state index is 12.5. The van der Waals surface area contributed by atoms with Crippen molar-refractivity contribution in [2.24, 2.45) is 0 Å². The second-order valence-corrected chi connectivity index (χ2v) is 8.18. The number of hydrogen-bond donors (Lipinski definition) is 1. The van der Waals surface area contributed by atoms with Crippen molar-refractivity contribution in [3.05, 3.63) is 70.2 Å². The SMILES string of the molecule is O=C(CC(=S)C[C@@]1(c2cccc(Br)c2)CCOC[C@@H]1O)c1ccccc1. The van der Waals surface area contributed by atoms with Crippen LogP contribution in [0, 0.1) is 0 Å². The lowest BCUT2D eigenvalue weighted by molar-refractivity contribution is -0.0591. The van der Waals surface area contributed by atoms with Gasteiger partial charge in [0.05, 0.1) is 12.7 Å². The molecule has 1 fully saturated rings. The van der Waals surface area contributed by atoms with Crippen molar-refractivity contribution in [1.29, 1.82) is 0 Å². The summed E-state index contributed by atoms with van der Waals surface area (Å²) in [6.45, 7) is 0.848. The number of aliphatic hydroxyl groups is 1. The molecule has 0 aromatic heterocycles. The predicted molar refractivity (Wildman–Crippen MR) is 110 cm³/mol. The molecule has 1 heterocycles. The first-order valence-electron chi connectivity index (χ1n) is 8.63. The highest BCUT2D eigenvalue weighted by molar-refractivity contribution is 9.10. The Balaban J connectivity index is 1.82. The Bertz CT molecular complexity index is 793. The number of carbonyl (C=O) groups excluding carboxylic acids is 1. The highest BCUT2D eigenvalue weighted by Crippen LogP contribution is 2.40. The number of carbonyl (C=O) groups is 1. The van der Waals surface area contributed by atoms with E-state index in [1.165, 1.54) is 0 Å². The van der Waals surface area contributed by atoms with Crippen molar-refractivity contribution in [3.8, 4) is 0 Å². The van der Waals surface area contributed by atoms with Crippen LogP contribution in [0.4, 0.5) is 0 Å². The zero-order chi connectivity index (χ0) is 18.6. The lowest BCUT2D eigenvalue weighted by Crippen LogP contribution is -2.48. The number of ketones is 1. The molecule has 2 aromatic rings. The largest absolute Gasteiger partial charge is 0.390 e. The zero-order valence-electron chi connectivity index (χ0n) is 14.4. The van der Waals surface area contributed by atoms with Gasteiger partial charge >= 0.3 is 0 Å². The fourth-order valence-corrected chi connectivity index (χ4v) is 4.33. The molecule has 1 N–H and O–H groups in total. The monoisotopic (exact) mass is 432 g/mol. The van der Waals surface area contributed by atoms with E-state index in [2.05, 4.69) is 15.9 Å². The number of aliphatic hydroxyl groups excluding tert-OH is 1. The van der Waals surface area contributed by atoms with Crippen molar-refractivity contribution in [1.82, 2.24) is 0 Å². The smallest absolute Gasteiger partial charge is 0.167 e. The summed E-state index contributed by atoms with van der Waals surface area (Å²) in [5, 5.41) is 10.8. The lowest BCUT2D eigenvalue weighted by Gasteiger charge is -2.42. The van der Waals surface area contributed by atoms with Crippen LogP contribution in [-0.4, -0.2) is 35.1 Å². The Labute approximate surface area is 167 Å². The van der Waals surface area contributed by atoms with Crippen molar-refractivity contribution >= 4 is 38.8 Å². The van der Waals surface area contributed by atoms with E-state index in [1.54, 1.807) is 12.1 Å². The molecule has 2 atom stereocenters. The molecule has 2 aromatic carbocycles. The number of hydrogen-bond acceptors (Lipinski definition) is 4. The van der Waals surface area contributed by atoms with Crippen molar-refractivity contribution < 1.29 is 14.6 Å². The van der Waals surface area contributed by atoms with Gasteiger partial charge in [0.1, 0.15) is 0 Å². The first-order chi connectivity index (χ1) is 12.5. The molecule has 1 aliphatic heterocycles. The molecule has 0 unspecified atom stereocenters. The maximum absolute atomic E-state index is 12.5. The Morgan fingerprint density at radius 2 is 2.00 bits per heavy atom. The predicted octanol–water partition coefficient (Wildman–Crippen LogP) is 4.50. The number of ether oxygens (including phenoxy) is 1. The van der Waals surface area contributed by atoms with Crippen LogP contribution in [0.15, 0.2) is 59.1 Å². The van der Waals surface area contributed by atoms with Crippen molar-refractivity contribution in [3.63, 3.8) is 0 Å². The topological polar surface area (TPSA) is 46.5 Å². The van der Waals surface area contributed by atoms with Crippen LogP contribution < -0.4 is 0 Å². The molecule has 3 rings (SSSR count). The van der Waals surface area contributed by atoms with Gasteiger partial charge in [-0.1, -0.05) is 70.6 Å². The van der Waals surface area contributed by atoms with Gasteiger partial charge in [0.15, 0.2) is 5.78 Å². The van der Waals surface area contributed by atoms with Gasteiger partial charge < -0.3 is 9.84 Å². The van der Waals surface area contributed by atoms with E-state index in [0.29, 0.717) is 29.9 Å². The molecular weight excluding hydrogens is 412 g/mol. The minimum absolute atomic E-state index is 0.0153. The summed E-state index contributed by atoms with van der Waals surface area (Å²) in [5.41, 5.74) is 1.17. The van der Waals surface area contributed by atoms with E-state index in [0.717, 1.165) is 10.0 Å². The molecular formula is C21H21BrO3S. The molecule has 0 radical (unpaired) electrons. The van der Waals surface area contributed by atoms with Crippen LogP contribution in [0.3, 0.4) is 0 Å². The fourth-order valence-electron chi connectivity index (χ4n) is 3.54. The molecule has 0 saturated carbocycles. The summed E-state index contributed by atoms with van der Waals surface area (Å²) in [4.78, 5) is 13.2. The van der Waals surface area contributed by atoms with Crippen LogP contribution in [0.25, 0.3) is 0 Å². The summed E-state index contributed by atoms with van der Waals surface area (Å²) in [6, 6.07) is 17.1. The van der Waals surface area contributed by atoms with Crippen LogP contribution in [0.5, 0.6) is 0 Å². The van der Waals surface area contributed by atoms with Gasteiger partial charge in [-0.15, -0.1) is 0 Å². The van der Waals surface area contributed by atoms with Gasteiger partial charge in [-0.3, -0.25) is 4.79 Å². The highest BCUT2D eigenvalue weighted by atomic mass is 79.9. The molecule has 0 aliphatic carbocycles.